The zero-order valence-corrected chi connectivity index (χ0v) is 11.7. The smallest absolute Gasteiger partial charge is 0.307 e. The van der Waals surface area contributed by atoms with E-state index in [1.165, 1.54) is 0 Å². The molecule has 0 aliphatic rings. The molecule has 3 nitrogen and oxygen atoms in total. The van der Waals surface area contributed by atoms with Crippen LogP contribution in [0.5, 0.6) is 0 Å². The van der Waals surface area contributed by atoms with Crippen LogP contribution >= 0.6 is 11.3 Å². The molecule has 2 rings (SSSR count). The molecule has 0 amide bonds. The topological polar surface area (TPSA) is 52.3 Å². The molecule has 100 valence electrons. The second kappa shape index (κ2) is 6.50. The van der Waals surface area contributed by atoms with E-state index in [0.29, 0.717) is 6.61 Å². The molecule has 1 unspecified atom stereocenters. The Morgan fingerprint density at radius 2 is 2.05 bits per heavy atom. The first-order valence-electron chi connectivity index (χ1n) is 6.25. The Bertz CT molecular complexity index is 536. The highest BCUT2D eigenvalue weighted by atomic mass is 32.1. The van der Waals surface area contributed by atoms with Gasteiger partial charge in [-0.05, 0) is 29.5 Å². The molecule has 2 N–H and O–H groups in total. The van der Waals surface area contributed by atoms with Gasteiger partial charge in [-0.2, -0.15) is 0 Å². The number of benzene rings is 1. The molecule has 1 aromatic carbocycles. The maximum absolute atomic E-state index is 11.4. The number of ether oxygens (including phenoxy) is 1. The van der Waals surface area contributed by atoms with Crippen molar-refractivity contribution in [3.63, 3.8) is 0 Å². The number of hydrogen-bond acceptors (Lipinski definition) is 4. The molecule has 0 aliphatic heterocycles. The normalized spacial score (nSPS) is 12.1. The summed E-state index contributed by atoms with van der Waals surface area (Å²) in [5, 5.41) is 2.07. The van der Waals surface area contributed by atoms with E-state index in [1.54, 1.807) is 18.3 Å². The van der Waals surface area contributed by atoms with Crippen LogP contribution in [0.3, 0.4) is 0 Å². The summed E-state index contributed by atoms with van der Waals surface area (Å²) in [5.74, 6) is -0.246. The Labute approximate surface area is 117 Å². The molecule has 0 saturated carbocycles. The fraction of sp³-hybridized carbons (Fsp3) is 0.267. The summed E-state index contributed by atoms with van der Waals surface area (Å²) in [4.78, 5) is 12.4. The Kier molecular flexibility index (Phi) is 4.71. The third-order valence-electron chi connectivity index (χ3n) is 2.78. The molecule has 1 heterocycles. The minimum atomic E-state index is -0.290. The number of carbonyl (C=O) groups excluding carboxylic acids is 1. The van der Waals surface area contributed by atoms with Crippen LogP contribution in [0.2, 0.25) is 0 Å². The summed E-state index contributed by atoms with van der Waals surface area (Å²) >= 11 is 1.58. The van der Waals surface area contributed by atoms with Gasteiger partial charge in [0.15, 0.2) is 0 Å². The largest absolute Gasteiger partial charge is 0.466 e. The molecule has 19 heavy (non-hydrogen) atoms. The van der Waals surface area contributed by atoms with Crippen molar-refractivity contribution in [2.75, 3.05) is 6.61 Å². The summed E-state index contributed by atoms with van der Waals surface area (Å²) in [7, 11) is 0. The van der Waals surface area contributed by atoms with Gasteiger partial charge < -0.3 is 10.5 Å². The quantitative estimate of drug-likeness (QED) is 0.851. The fourth-order valence-electron chi connectivity index (χ4n) is 1.83. The molecule has 1 aromatic heterocycles. The van der Waals surface area contributed by atoms with Gasteiger partial charge in [0, 0.05) is 10.9 Å². The predicted octanol–water partition coefficient (Wildman–Crippen LogP) is 3.37. The van der Waals surface area contributed by atoms with E-state index in [-0.39, 0.29) is 18.4 Å². The zero-order valence-electron chi connectivity index (χ0n) is 10.8. The fourth-order valence-corrected chi connectivity index (χ4v) is 2.75. The van der Waals surface area contributed by atoms with E-state index < -0.39 is 0 Å². The van der Waals surface area contributed by atoms with Crippen molar-refractivity contribution < 1.29 is 9.53 Å². The van der Waals surface area contributed by atoms with E-state index in [1.807, 2.05) is 24.3 Å². The molecular formula is C15H17NO2S. The second-order valence-corrected chi connectivity index (χ2v) is 5.16. The predicted molar refractivity (Wildman–Crippen MR) is 77.9 cm³/mol. The van der Waals surface area contributed by atoms with Gasteiger partial charge in [0.25, 0.3) is 0 Å². The Morgan fingerprint density at radius 3 is 2.74 bits per heavy atom. The van der Waals surface area contributed by atoms with Crippen molar-refractivity contribution >= 4 is 17.3 Å². The lowest BCUT2D eigenvalue weighted by molar-refractivity contribution is -0.143. The van der Waals surface area contributed by atoms with Gasteiger partial charge >= 0.3 is 5.97 Å². The monoisotopic (exact) mass is 275 g/mol. The van der Waals surface area contributed by atoms with Crippen LogP contribution in [0.15, 0.2) is 41.8 Å². The van der Waals surface area contributed by atoms with Crippen LogP contribution in [0, 0.1) is 0 Å². The van der Waals surface area contributed by atoms with Crippen LogP contribution < -0.4 is 5.73 Å². The summed E-state index contributed by atoms with van der Waals surface area (Å²) in [6, 6.07) is 11.9. The van der Waals surface area contributed by atoms with Gasteiger partial charge in [0.1, 0.15) is 0 Å². The molecule has 0 spiro atoms. The standard InChI is InChI=1S/C15H17NO2S/c1-2-18-15(17)9-13(16)14-8-12(10-19-14)11-6-4-3-5-7-11/h3-8,10,13H,2,9,16H2,1H3. The third-order valence-corrected chi connectivity index (χ3v) is 3.85. The van der Waals surface area contributed by atoms with Crippen LogP contribution in [-0.4, -0.2) is 12.6 Å². The average molecular weight is 275 g/mol. The number of rotatable bonds is 5. The molecular weight excluding hydrogens is 258 g/mol. The van der Waals surface area contributed by atoms with Crippen LogP contribution in [0.4, 0.5) is 0 Å². The second-order valence-electron chi connectivity index (χ2n) is 4.22. The van der Waals surface area contributed by atoms with Crippen LogP contribution in [0.25, 0.3) is 11.1 Å². The highest BCUT2D eigenvalue weighted by Crippen LogP contribution is 2.29. The highest BCUT2D eigenvalue weighted by molar-refractivity contribution is 7.10. The summed E-state index contributed by atoms with van der Waals surface area (Å²) in [6.45, 7) is 2.19. The van der Waals surface area contributed by atoms with Crippen molar-refractivity contribution in [1.82, 2.24) is 0 Å². The summed E-state index contributed by atoms with van der Waals surface area (Å²) < 4.78 is 4.91. The number of thiophene rings is 1. The maximum Gasteiger partial charge on any atom is 0.307 e. The minimum absolute atomic E-state index is 0.225. The minimum Gasteiger partial charge on any atom is -0.466 e. The van der Waals surface area contributed by atoms with Crippen molar-refractivity contribution in [2.45, 2.75) is 19.4 Å². The molecule has 2 aromatic rings. The lowest BCUT2D eigenvalue weighted by Gasteiger charge is -2.08. The molecule has 0 saturated heterocycles. The number of nitrogens with two attached hydrogens (primary N) is 1. The van der Waals surface area contributed by atoms with E-state index in [4.69, 9.17) is 10.5 Å². The maximum atomic E-state index is 11.4. The highest BCUT2D eigenvalue weighted by Gasteiger charge is 2.14. The molecule has 0 aliphatic carbocycles. The molecule has 4 heteroatoms. The van der Waals surface area contributed by atoms with Crippen LogP contribution in [0.1, 0.15) is 24.3 Å². The van der Waals surface area contributed by atoms with Crippen molar-refractivity contribution in [2.24, 2.45) is 5.73 Å². The van der Waals surface area contributed by atoms with E-state index in [0.717, 1.165) is 16.0 Å². The third kappa shape index (κ3) is 3.66. The van der Waals surface area contributed by atoms with E-state index in [2.05, 4.69) is 17.5 Å². The molecule has 0 bridgehead atoms. The summed E-state index contributed by atoms with van der Waals surface area (Å²) in [6.07, 6.45) is 0.225. The first kappa shape index (κ1) is 13.8. The first-order chi connectivity index (χ1) is 9.20. The first-order valence-corrected chi connectivity index (χ1v) is 7.13. The van der Waals surface area contributed by atoms with Crippen LogP contribution in [-0.2, 0) is 9.53 Å². The average Bonchev–Trinajstić information content (AvgIpc) is 2.89. The Morgan fingerprint density at radius 1 is 1.32 bits per heavy atom. The Balaban J connectivity index is 2.07. The van der Waals surface area contributed by atoms with E-state index in [9.17, 15) is 4.79 Å². The summed E-state index contributed by atoms with van der Waals surface area (Å²) in [5.41, 5.74) is 8.33. The SMILES string of the molecule is CCOC(=O)CC(N)c1cc(-c2ccccc2)cs1. The van der Waals surface area contributed by atoms with Crippen molar-refractivity contribution in [1.29, 1.82) is 0 Å². The van der Waals surface area contributed by atoms with Gasteiger partial charge in [-0.1, -0.05) is 30.3 Å². The van der Waals surface area contributed by atoms with Crippen molar-refractivity contribution in [3.8, 4) is 11.1 Å². The van der Waals surface area contributed by atoms with Gasteiger partial charge in [0.2, 0.25) is 0 Å². The molecule has 0 fully saturated rings. The van der Waals surface area contributed by atoms with Gasteiger partial charge in [-0.3, -0.25) is 4.79 Å². The van der Waals surface area contributed by atoms with Crippen molar-refractivity contribution in [3.05, 3.63) is 46.7 Å². The van der Waals surface area contributed by atoms with E-state index >= 15 is 0 Å². The van der Waals surface area contributed by atoms with Gasteiger partial charge in [0.05, 0.1) is 13.0 Å². The number of carbonyl (C=O) groups is 1. The molecule has 0 radical (unpaired) electrons. The zero-order chi connectivity index (χ0) is 13.7. The van der Waals surface area contributed by atoms with Gasteiger partial charge in [-0.25, -0.2) is 0 Å². The molecule has 1 atom stereocenters. The number of esters is 1. The lowest BCUT2D eigenvalue weighted by Crippen LogP contribution is -2.16. The van der Waals surface area contributed by atoms with Gasteiger partial charge in [-0.15, -0.1) is 11.3 Å². The lowest BCUT2D eigenvalue weighted by atomic mass is 10.1. The number of hydrogen-bond donors (Lipinski definition) is 1. The Hall–Kier alpha value is -1.65.